The first-order valence-electron chi connectivity index (χ1n) is 5.72. The normalized spacial score (nSPS) is 16.5. The van der Waals surface area contributed by atoms with Gasteiger partial charge in [0.25, 0.3) is 0 Å². The van der Waals surface area contributed by atoms with Crippen molar-refractivity contribution in [3.63, 3.8) is 0 Å². The summed E-state index contributed by atoms with van der Waals surface area (Å²) in [4.78, 5) is 11.6. The average Bonchev–Trinajstić information content (AvgIpc) is 2.46. The Kier molecular flexibility index (Phi) is 2.37. The molecule has 0 radical (unpaired) electrons. The zero-order chi connectivity index (χ0) is 11.7. The van der Waals surface area contributed by atoms with Crippen LogP contribution in [0.5, 0.6) is 0 Å². The molecule has 0 spiro atoms. The Labute approximate surface area is 100 Å². The van der Waals surface area contributed by atoms with Gasteiger partial charge in [-0.1, -0.05) is 48.6 Å². The van der Waals surface area contributed by atoms with Gasteiger partial charge in [0.2, 0.25) is 0 Å². The summed E-state index contributed by atoms with van der Waals surface area (Å²) in [6.07, 6.45) is 13.4. The molecule has 2 aliphatic carbocycles. The molecule has 1 aromatic carbocycles. The number of allylic oxidation sites excluding steroid dienone is 7. The minimum absolute atomic E-state index is 0.0607. The van der Waals surface area contributed by atoms with E-state index in [1.54, 1.807) is 12.1 Å². The third-order valence-corrected chi connectivity index (χ3v) is 3.05. The van der Waals surface area contributed by atoms with Gasteiger partial charge in [0.05, 0.1) is 0 Å². The fourth-order valence-electron chi connectivity index (χ4n) is 2.25. The van der Waals surface area contributed by atoms with Crippen LogP contribution in [0.2, 0.25) is 0 Å². The first-order chi connectivity index (χ1) is 8.33. The van der Waals surface area contributed by atoms with E-state index >= 15 is 0 Å². The van der Waals surface area contributed by atoms with Crippen LogP contribution < -0.4 is 5.43 Å². The van der Waals surface area contributed by atoms with Crippen LogP contribution in [0.15, 0.2) is 65.0 Å². The second-order valence-corrected chi connectivity index (χ2v) is 4.27. The van der Waals surface area contributed by atoms with Crippen LogP contribution in [0, 0.1) is 0 Å². The Morgan fingerprint density at radius 1 is 1.06 bits per heavy atom. The summed E-state index contributed by atoms with van der Waals surface area (Å²) >= 11 is 0. The molecule has 0 atom stereocenters. The van der Waals surface area contributed by atoms with Crippen molar-refractivity contribution in [2.45, 2.75) is 6.42 Å². The van der Waals surface area contributed by atoms with E-state index < -0.39 is 0 Å². The van der Waals surface area contributed by atoms with Gasteiger partial charge in [-0.2, -0.15) is 0 Å². The zero-order valence-electron chi connectivity index (χ0n) is 9.39. The molecule has 1 heteroatoms. The van der Waals surface area contributed by atoms with Crippen LogP contribution in [0.1, 0.15) is 17.5 Å². The maximum Gasteiger partial charge on any atom is 0.179 e. The topological polar surface area (TPSA) is 17.1 Å². The summed E-state index contributed by atoms with van der Waals surface area (Å²) in [5.74, 6) is 0. The number of rotatable bonds is 0. The highest BCUT2D eigenvalue weighted by atomic mass is 16.1. The zero-order valence-corrected chi connectivity index (χ0v) is 9.39. The SMILES string of the molecule is O=c1cccc2c(c1)C1=CC=CC=CC(=C2)C1. The molecule has 1 aromatic rings. The number of fused-ring (bicyclic) bond motifs is 4. The van der Waals surface area contributed by atoms with Crippen molar-refractivity contribution in [1.29, 1.82) is 0 Å². The molecular weight excluding hydrogens is 208 g/mol. The molecule has 3 rings (SSSR count). The lowest BCUT2D eigenvalue weighted by atomic mass is 9.88. The molecule has 82 valence electrons. The van der Waals surface area contributed by atoms with Crippen molar-refractivity contribution in [2.75, 3.05) is 0 Å². The molecule has 2 bridgehead atoms. The lowest BCUT2D eigenvalue weighted by Gasteiger charge is -2.16. The lowest BCUT2D eigenvalue weighted by Crippen LogP contribution is -2.00. The Bertz CT molecular complexity index is 643. The van der Waals surface area contributed by atoms with Gasteiger partial charge in [0, 0.05) is 0 Å². The van der Waals surface area contributed by atoms with E-state index in [1.807, 2.05) is 30.4 Å². The van der Waals surface area contributed by atoms with Gasteiger partial charge in [-0.25, -0.2) is 0 Å². The molecule has 2 aliphatic rings. The summed E-state index contributed by atoms with van der Waals surface area (Å²) in [7, 11) is 0. The molecule has 0 unspecified atom stereocenters. The predicted octanol–water partition coefficient (Wildman–Crippen LogP) is 3.34. The van der Waals surface area contributed by atoms with Crippen molar-refractivity contribution >= 4 is 11.6 Å². The molecular formula is C16H12O. The fraction of sp³-hybridized carbons (Fsp3) is 0.0625. The lowest BCUT2D eigenvalue weighted by molar-refractivity contribution is 1.28. The summed E-state index contributed by atoms with van der Waals surface area (Å²) < 4.78 is 0. The molecule has 0 aliphatic heterocycles. The maximum atomic E-state index is 11.6. The third-order valence-electron chi connectivity index (χ3n) is 3.05. The molecule has 0 amide bonds. The minimum atomic E-state index is 0.0607. The van der Waals surface area contributed by atoms with Gasteiger partial charge in [0.1, 0.15) is 0 Å². The van der Waals surface area contributed by atoms with Gasteiger partial charge in [-0.3, -0.25) is 4.79 Å². The summed E-state index contributed by atoms with van der Waals surface area (Å²) in [5.41, 5.74) is 4.74. The van der Waals surface area contributed by atoms with E-state index in [2.05, 4.69) is 18.2 Å². The Hall–Kier alpha value is -2.15. The predicted molar refractivity (Wildman–Crippen MR) is 71.6 cm³/mol. The quantitative estimate of drug-likeness (QED) is 0.655. The van der Waals surface area contributed by atoms with Gasteiger partial charge in [-0.15, -0.1) is 0 Å². The first kappa shape index (κ1) is 10.0. The van der Waals surface area contributed by atoms with E-state index in [4.69, 9.17) is 0 Å². The van der Waals surface area contributed by atoms with E-state index in [0.29, 0.717) is 0 Å². The minimum Gasteiger partial charge on any atom is -0.290 e. The molecule has 1 nitrogen and oxygen atoms in total. The fourth-order valence-corrected chi connectivity index (χ4v) is 2.25. The van der Waals surface area contributed by atoms with Crippen LogP contribution in [-0.4, -0.2) is 0 Å². The van der Waals surface area contributed by atoms with E-state index in [1.165, 1.54) is 11.1 Å². The summed E-state index contributed by atoms with van der Waals surface area (Å²) in [5, 5.41) is 0. The van der Waals surface area contributed by atoms with Crippen molar-refractivity contribution in [2.24, 2.45) is 0 Å². The van der Waals surface area contributed by atoms with Gasteiger partial charge in [0.15, 0.2) is 5.43 Å². The second kappa shape index (κ2) is 4.02. The van der Waals surface area contributed by atoms with Crippen molar-refractivity contribution in [3.05, 3.63) is 81.6 Å². The van der Waals surface area contributed by atoms with Gasteiger partial charge >= 0.3 is 0 Å². The molecule has 0 saturated heterocycles. The molecule has 0 aromatic heterocycles. The molecule has 0 heterocycles. The first-order valence-corrected chi connectivity index (χ1v) is 5.72. The monoisotopic (exact) mass is 220 g/mol. The van der Waals surface area contributed by atoms with E-state index in [0.717, 1.165) is 17.5 Å². The average molecular weight is 220 g/mol. The smallest absolute Gasteiger partial charge is 0.179 e. The maximum absolute atomic E-state index is 11.6. The highest BCUT2D eigenvalue weighted by molar-refractivity contribution is 5.82. The third kappa shape index (κ3) is 1.92. The molecule has 0 N–H and O–H groups in total. The number of hydrogen-bond donors (Lipinski definition) is 0. The Morgan fingerprint density at radius 2 is 2.00 bits per heavy atom. The summed E-state index contributed by atoms with van der Waals surface area (Å²) in [6.45, 7) is 0. The van der Waals surface area contributed by atoms with Crippen molar-refractivity contribution < 1.29 is 0 Å². The highest BCUT2D eigenvalue weighted by Crippen LogP contribution is 2.32. The van der Waals surface area contributed by atoms with Crippen LogP contribution in [0.3, 0.4) is 0 Å². The van der Waals surface area contributed by atoms with Gasteiger partial charge in [-0.05, 0) is 40.8 Å². The standard InChI is InChI=1S/C16H12O/c17-15-8-4-7-14-10-12-5-2-1-3-6-13(9-12)16(14)11-15/h1-8,10-11H,9H2. The largest absolute Gasteiger partial charge is 0.290 e. The van der Waals surface area contributed by atoms with Crippen LogP contribution in [0.4, 0.5) is 0 Å². The Balaban J connectivity index is 2.34. The molecule has 17 heavy (non-hydrogen) atoms. The number of hydrogen-bond acceptors (Lipinski definition) is 1. The van der Waals surface area contributed by atoms with E-state index in [-0.39, 0.29) is 5.43 Å². The van der Waals surface area contributed by atoms with Crippen molar-refractivity contribution in [3.8, 4) is 0 Å². The van der Waals surface area contributed by atoms with E-state index in [9.17, 15) is 4.79 Å². The summed E-state index contributed by atoms with van der Waals surface area (Å²) in [6, 6.07) is 7.16. The molecule has 0 fully saturated rings. The highest BCUT2D eigenvalue weighted by Gasteiger charge is 2.13. The van der Waals surface area contributed by atoms with Crippen LogP contribution >= 0.6 is 0 Å². The van der Waals surface area contributed by atoms with Gasteiger partial charge < -0.3 is 0 Å². The molecule has 0 saturated carbocycles. The van der Waals surface area contributed by atoms with Crippen LogP contribution in [0.25, 0.3) is 11.6 Å². The second-order valence-electron chi connectivity index (χ2n) is 4.27. The van der Waals surface area contributed by atoms with Crippen LogP contribution in [-0.2, 0) is 0 Å². The Morgan fingerprint density at radius 3 is 2.94 bits per heavy atom. The van der Waals surface area contributed by atoms with Crippen molar-refractivity contribution in [1.82, 2.24) is 0 Å².